The fourth-order valence-corrected chi connectivity index (χ4v) is 2.10. The van der Waals surface area contributed by atoms with Gasteiger partial charge in [-0.15, -0.1) is 0 Å². The van der Waals surface area contributed by atoms with Crippen LogP contribution in [0.5, 0.6) is 0 Å². The van der Waals surface area contributed by atoms with Crippen LogP contribution in [0.4, 0.5) is 8.78 Å². The highest BCUT2D eigenvalue weighted by Gasteiger charge is 2.16. The van der Waals surface area contributed by atoms with Gasteiger partial charge in [0.15, 0.2) is 0 Å². The maximum Gasteiger partial charge on any atom is 0.128 e. The van der Waals surface area contributed by atoms with Gasteiger partial charge in [-0.25, -0.2) is 8.78 Å². The third-order valence-electron chi connectivity index (χ3n) is 3.73. The Morgan fingerprint density at radius 3 is 2.32 bits per heavy atom. The predicted molar refractivity (Wildman–Crippen MR) is 75.2 cm³/mol. The molecule has 0 saturated carbocycles. The highest BCUT2D eigenvalue weighted by Crippen LogP contribution is 2.22. The summed E-state index contributed by atoms with van der Waals surface area (Å²) < 4.78 is 26.9. The average molecular weight is 270 g/mol. The third kappa shape index (κ3) is 4.55. The van der Waals surface area contributed by atoms with Crippen molar-refractivity contribution in [3.8, 4) is 0 Å². The predicted octanol–water partition coefficient (Wildman–Crippen LogP) is 3.30. The molecular weight excluding hydrogens is 246 g/mol. The molecule has 108 valence electrons. The van der Waals surface area contributed by atoms with Gasteiger partial charge in [-0.2, -0.15) is 0 Å². The number of hydrogen-bond acceptors (Lipinski definition) is 2. The molecule has 0 spiro atoms. The molecule has 0 fully saturated rings. The second kappa shape index (κ2) is 7.56. The molecule has 0 saturated heterocycles. The summed E-state index contributed by atoms with van der Waals surface area (Å²) in [5, 5.41) is 0. The molecule has 4 heteroatoms. The molecule has 0 aliphatic carbocycles. The highest BCUT2D eigenvalue weighted by atomic mass is 19.1. The number of halogens is 2. The molecule has 0 bridgehead atoms. The van der Waals surface area contributed by atoms with Crippen LogP contribution < -0.4 is 0 Å². The molecule has 0 aliphatic heterocycles. The molecule has 0 unspecified atom stereocenters. The first-order chi connectivity index (χ1) is 8.99. The summed E-state index contributed by atoms with van der Waals surface area (Å²) >= 11 is 0. The standard InChI is InChI=1S/C15H24F2N2/c1-5-19(6-2)10-9-18(4)12(3)14-11-13(16)7-8-15(14)17/h7-8,11-12H,5-6,9-10H2,1-4H3/t12-/m0/s1. The molecule has 0 amide bonds. The number of hydrogen-bond donors (Lipinski definition) is 0. The van der Waals surface area contributed by atoms with Gasteiger partial charge in [-0.3, -0.25) is 4.90 Å². The van der Waals surface area contributed by atoms with Crippen LogP contribution >= 0.6 is 0 Å². The van der Waals surface area contributed by atoms with Crippen LogP contribution in [-0.2, 0) is 0 Å². The van der Waals surface area contributed by atoms with Crippen molar-refractivity contribution >= 4 is 0 Å². The Bertz CT molecular complexity index is 392. The van der Waals surface area contributed by atoms with Crippen LogP contribution in [0.2, 0.25) is 0 Å². The molecule has 0 heterocycles. The van der Waals surface area contributed by atoms with E-state index in [-0.39, 0.29) is 17.7 Å². The number of likely N-dealkylation sites (N-methyl/N-ethyl adjacent to an activating group) is 2. The summed E-state index contributed by atoms with van der Waals surface area (Å²) in [6.45, 7) is 9.93. The lowest BCUT2D eigenvalue weighted by Crippen LogP contribution is -2.34. The molecule has 1 rings (SSSR count). The van der Waals surface area contributed by atoms with Crippen molar-refractivity contribution < 1.29 is 8.78 Å². The van der Waals surface area contributed by atoms with Crippen LogP contribution in [0.1, 0.15) is 32.4 Å². The fraction of sp³-hybridized carbons (Fsp3) is 0.600. The van der Waals surface area contributed by atoms with E-state index in [1.165, 1.54) is 12.1 Å². The van der Waals surface area contributed by atoms with Crippen molar-refractivity contribution in [1.29, 1.82) is 0 Å². The summed E-state index contributed by atoms with van der Waals surface area (Å²) in [5.74, 6) is -0.732. The van der Waals surface area contributed by atoms with Crippen LogP contribution in [0.25, 0.3) is 0 Å². The first-order valence-corrected chi connectivity index (χ1v) is 6.87. The lowest BCUT2D eigenvalue weighted by molar-refractivity contribution is 0.203. The first-order valence-electron chi connectivity index (χ1n) is 6.87. The van der Waals surface area contributed by atoms with E-state index >= 15 is 0 Å². The van der Waals surface area contributed by atoms with Crippen molar-refractivity contribution in [2.24, 2.45) is 0 Å². The maximum atomic E-state index is 13.7. The zero-order valence-corrected chi connectivity index (χ0v) is 12.3. The largest absolute Gasteiger partial charge is 0.303 e. The first kappa shape index (κ1) is 16.1. The van der Waals surface area contributed by atoms with Crippen LogP contribution in [0.15, 0.2) is 18.2 Å². The van der Waals surface area contributed by atoms with Gasteiger partial charge >= 0.3 is 0 Å². The number of benzene rings is 1. The van der Waals surface area contributed by atoms with Gasteiger partial charge in [-0.05, 0) is 45.3 Å². The topological polar surface area (TPSA) is 6.48 Å². The van der Waals surface area contributed by atoms with Crippen molar-refractivity contribution in [2.75, 3.05) is 33.2 Å². The van der Waals surface area contributed by atoms with E-state index in [4.69, 9.17) is 0 Å². The fourth-order valence-electron chi connectivity index (χ4n) is 2.10. The molecule has 0 aromatic heterocycles. The molecule has 1 atom stereocenters. The van der Waals surface area contributed by atoms with Gasteiger partial charge in [0.1, 0.15) is 11.6 Å². The minimum atomic E-state index is -0.389. The van der Waals surface area contributed by atoms with E-state index in [2.05, 4.69) is 23.6 Å². The van der Waals surface area contributed by atoms with Crippen LogP contribution in [-0.4, -0.2) is 43.0 Å². The zero-order valence-electron chi connectivity index (χ0n) is 12.3. The van der Waals surface area contributed by atoms with Crippen LogP contribution in [0.3, 0.4) is 0 Å². The molecule has 0 aliphatic rings. The monoisotopic (exact) mass is 270 g/mol. The quantitative estimate of drug-likeness (QED) is 0.750. The summed E-state index contributed by atoms with van der Waals surface area (Å²) in [6, 6.07) is 3.50. The lowest BCUT2D eigenvalue weighted by Gasteiger charge is -2.28. The Hall–Kier alpha value is -1.00. The van der Waals surface area contributed by atoms with Crippen molar-refractivity contribution in [1.82, 2.24) is 9.80 Å². The molecule has 1 aromatic rings. The van der Waals surface area contributed by atoms with E-state index in [0.717, 1.165) is 32.2 Å². The molecule has 0 N–H and O–H groups in total. The van der Waals surface area contributed by atoms with Gasteiger partial charge in [0, 0.05) is 24.7 Å². The normalized spacial score (nSPS) is 13.3. The highest BCUT2D eigenvalue weighted by molar-refractivity contribution is 5.21. The SMILES string of the molecule is CCN(CC)CCN(C)[C@@H](C)c1cc(F)ccc1F. The van der Waals surface area contributed by atoms with Gasteiger partial charge in [-0.1, -0.05) is 13.8 Å². The molecule has 19 heavy (non-hydrogen) atoms. The van der Waals surface area contributed by atoms with Crippen LogP contribution in [0, 0.1) is 11.6 Å². The summed E-state index contributed by atoms with van der Waals surface area (Å²) in [7, 11) is 1.94. The van der Waals surface area contributed by atoms with E-state index in [1.807, 2.05) is 14.0 Å². The second-order valence-corrected chi connectivity index (χ2v) is 4.85. The number of rotatable bonds is 7. The maximum absolute atomic E-state index is 13.7. The minimum Gasteiger partial charge on any atom is -0.303 e. The Balaban J connectivity index is 2.65. The Morgan fingerprint density at radius 1 is 1.11 bits per heavy atom. The molecular formula is C15H24F2N2. The number of nitrogens with zero attached hydrogens (tertiary/aromatic N) is 2. The summed E-state index contributed by atoms with van der Waals surface area (Å²) in [5.41, 5.74) is 0.419. The van der Waals surface area contributed by atoms with E-state index in [1.54, 1.807) is 0 Å². The van der Waals surface area contributed by atoms with Gasteiger partial charge in [0.2, 0.25) is 0 Å². The average Bonchev–Trinajstić information content (AvgIpc) is 2.41. The van der Waals surface area contributed by atoms with Gasteiger partial charge < -0.3 is 4.90 Å². The van der Waals surface area contributed by atoms with Gasteiger partial charge in [0.25, 0.3) is 0 Å². The van der Waals surface area contributed by atoms with E-state index < -0.39 is 0 Å². The second-order valence-electron chi connectivity index (χ2n) is 4.85. The van der Waals surface area contributed by atoms with E-state index in [0.29, 0.717) is 5.56 Å². The Kier molecular flexibility index (Phi) is 6.38. The lowest BCUT2D eigenvalue weighted by atomic mass is 10.1. The van der Waals surface area contributed by atoms with Crippen molar-refractivity contribution in [3.05, 3.63) is 35.4 Å². The summed E-state index contributed by atoms with van der Waals surface area (Å²) in [6.07, 6.45) is 0. The van der Waals surface area contributed by atoms with Crippen molar-refractivity contribution in [3.63, 3.8) is 0 Å². The van der Waals surface area contributed by atoms with Crippen molar-refractivity contribution in [2.45, 2.75) is 26.8 Å². The van der Waals surface area contributed by atoms with Gasteiger partial charge in [0.05, 0.1) is 0 Å². The van der Waals surface area contributed by atoms with E-state index in [9.17, 15) is 8.78 Å². The minimum absolute atomic E-state index is 0.133. The Labute approximate surface area is 115 Å². The molecule has 1 aromatic carbocycles. The third-order valence-corrected chi connectivity index (χ3v) is 3.73. The Morgan fingerprint density at radius 2 is 1.74 bits per heavy atom. The smallest absolute Gasteiger partial charge is 0.128 e. The summed E-state index contributed by atoms with van der Waals surface area (Å²) in [4.78, 5) is 4.36. The zero-order chi connectivity index (χ0) is 14.4. The molecule has 2 nitrogen and oxygen atoms in total. The molecule has 0 radical (unpaired) electrons.